The van der Waals surface area contributed by atoms with E-state index >= 15 is 0 Å². The highest BCUT2D eigenvalue weighted by Gasteiger charge is 2.19. The van der Waals surface area contributed by atoms with Crippen LogP contribution in [0.5, 0.6) is 0 Å². The summed E-state index contributed by atoms with van der Waals surface area (Å²) >= 11 is 0. The number of carbonyl (C=O) groups is 1. The molecule has 0 amide bonds. The highest BCUT2D eigenvalue weighted by Crippen LogP contribution is 2.18. The molecule has 3 N–H and O–H groups in total. The molecule has 1 atom stereocenters. The van der Waals surface area contributed by atoms with Crippen molar-refractivity contribution in [2.45, 2.75) is 13.0 Å². The van der Waals surface area contributed by atoms with E-state index in [2.05, 4.69) is 4.72 Å². The minimum Gasteiger partial charge on any atom is -0.289 e. The van der Waals surface area contributed by atoms with Crippen molar-refractivity contribution in [3.8, 4) is 0 Å². The molecule has 0 heterocycles. The number of sulfonamides is 2. The summed E-state index contributed by atoms with van der Waals surface area (Å²) in [7, 11) is -7.71. The zero-order valence-electron chi connectivity index (χ0n) is 14.1. The number of benzene rings is 2. The molecule has 0 bridgehead atoms. The molecule has 26 heavy (non-hydrogen) atoms. The van der Waals surface area contributed by atoms with Crippen molar-refractivity contribution in [2.24, 2.45) is 5.14 Å². The van der Waals surface area contributed by atoms with Gasteiger partial charge in [0.05, 0.1) is 11.5 Å². The summed E-state index contributed by atoms with van der Waals surface area (Å²) in [6, 6.07) is 14.7. The third-order valence-electron chi connectivity index (χ3n) is 3.68. The van der Waals surface area contributed by atoms with Gasteiger partial charge in [0.15, 0.2) is 5.78 Å². The normalized spacial score (nSPS) is 13.3. The van der Waals surface area contributed by atoms with Crippen LogP contribution in [0.4, 0.5) is 0 Å². The van der Waals surface area contributed by atoms with E-state index in [-0.39, 0.29) is 5.78 Å². The van der Waals surface area contributed by atoms with Gasteiger partial charge in [-0.05, 0) is 18.6 Å². The molecule has 0 fully saturated rings. The fraction of sp³-hybridized carbons (Fsp3) is 0.235. The average Bonchev–Trinajstić information content (AvgIpc) is 2.59. The van der Waals surface area contributed by atoms with Crippen LogP contribution in [-0.2, 0) is 20.0 Å². The van der Waals surface area contributed by atoms with Crippen LogP contribution < -0.4 is 9.86 Å². The van der Waals surface area contributed by atoms with Crippen molar-refractivity contribution in [2.75, 3.05) is 11.5 Å². The molecule has 0 aliphatic carbocycles. The van der Waals surface area contributed by atoms with Crippen LogP contribution in [0.1, 0.15) is 34.5 Å². The summed E-state index contributed by atoms with van der Waals surface area (Å²) in [5.74, 6) is -1.46. The number of nitrogens with one attached hydrogen (secondary N) is 1. The Morgan fingerprint density at radius 1 is 0.962 bits per heavy atom. The Kier molecular flexibility index (Phi) is 6.30. The second kappa shape index (κ2) is 8.09. The number of carbonyl (C=O) groups excluding carboxylic acids is 1. The molecule has 7 nitrogen and oxygen atoms in total. The molecule has 0 aliphatic heterocycles. The van der Waals surface area contributed by atoms with Crippen LogP contribution >= 0.6 is 0 Å². The van der Waals surface area contributed by atoms with Crippen LogP contribution in [-0.4, -0.2) is 34.1 Å². The number of hydrogen-bond acceptors (Lipinski definition) is 5. The van der Waals surface area contributed by atoms with Gasteiger partial charge in [-0.25, -0.2) is 26.7 Å². The minimum absolute atomic E-state index is 0.170. The first-order valence-corrected chi connectivity index (χ1v) is 11.1. The molecule has 140 valence electrons. The summed E-state index contributed by atoms with van der Waals surface area (Å²) in [5.41, 5.74) is 1.56. The summed E-state index contributed by atoms with van der Waals surface area (Å²) in [6.45, 7) is 1.61. The number of hydrogen-bond donors (Lipinski definition) is 2. The quantitative estimate of drug-likeness (QED) is 0.649. The Bertz CT molecular complexity index is 987. The Labute approximate surface area is 153 Å². The van der Waals surface area contributed by atoms with Gasteiger partial charge in [-0.2, -0.15) is 0 Å². The Hall–Kier alpha value is -2.07. The van der Waals surface area contributed by atoms with E-state index in [1.807, 2.05) is 6.07 Å². The smallest absolute Gasteiger partial charge is 0.213 e. The van der Waals surface area contributed by atoms with E-state index in [1.54, 1.807) is 55.5 Å². The summed E-state index contributed by atoms with van der Waals surface area (Å²) in [4.78, 5) is 12.5. The third-order valence-corrected chi connectivity index (χ3v) is 6.16. The zero-order chi connectivity index (χ0) is 19.4. The first-order valence-electron chi connectivity index (χ1n) is 7.77. The fourth-order valence-corrected chi connectivity index (χ4v) is 4.93. The lowest BCUT2D eigenvalue weighted by Gasteiger charge is -2.15. The molecule has 0 saturated heterocycles. The van der Waals surface area contributed by atoms with Crippen LogP contribution in [0.25, 0.3) is 0 Å². The van der Waals surface area contributed by atoms with Gasteiger partial charge >= 0.3 is 0 Å². The minimum atomic E-state index is -3.87. The standard InChI is InChI=1S/C17H20N2O5S2/c1-13(19-26(23,24)11-10-25(18,21)22)15-8-5-9-16(12-15)17(20)14-6-3-2-4-7-14/h2-9,12-13,19H,10-11H2,1H3,(H2,18,21,22)/t13-/m1/s1. The first-order chi connectivity index (χ1) is 12.1. The van der Waals surface area contributed by atoms with Crippen molar-refractivity contribution >= 4 is 25.8 Å². The van der Waals surface area contributed by atoms with Crippen molar-refractivity contribution < 1.29 is 21.6 Å². The van der Waals surface area contributed by atoms with Gasteiger partial charge in [0.2, 0.25) is 20.0 Å². The van der Waals surface area contributed by atoms with Crippen molar-refractivity contribution in [1.29, 1.82) is 0 Å². The topological polar surface area (TPSA) is 123 Å². The summed E-state index contributed by atoms with van der Waals surface area (Å²) < 4.78 is 48.3. The Morgan fingerprint density at radius 2 is 1.58 bits per heavy atom. The van der Waals surface area contributed by atoms with Crippen LogP contribution in [0.3, 0.4) is 0 Å². The second-order valence-corrected chi connectivity index (χ2v) is 9.45. The molecule has 0 saturated carbocycles. The lowest BCUT2D eigenvalue weighted by atomic mass is 9.99. The highest BCUT2D eigenvalue weighted by atomic mass is 32.2. The van der Waals surface area contributed by atoms with E-state index in [4.69, 9.17) is 5.14 Å². The molecular weight excluding hydrogens is 376 g/mol. The van der Waals surface area contributed by atoms with Gasteiger partial charge in [-0.15, -0.1) is 0 Å². The van der Waals surface area contributed by atoms with Gasteiger partial charge in [-0.1, -0.05) is 48.5 Å². The lowest BCUT2D eigenvalue weighted by Crippen LogP contribution is -2.33. The number of ketones is 1. The van der Waals surface area contributed by atoms with E-state index in [0.29, 0.717) is 16.7 Å². The van der Waals surface area contributed by atoms with Crippen molar-refractivity contribution in [3.05, 3.63) is 71.3 Å². The average molecular weight is 396 g/mol. The maximum absolute atomic E-state index is 12.5. The molecule has 0 spiro atoms. The SMILES string of the molecule is C[C@@H](NS(=O)(=O)CCS(N)(=O)=O)c1cccc(C(=O)c2ccccc2)c1. The van der Waals surface area contributed by atoms with E-state index < -0.39 is 37.6 Å². The Morgan fingerprint density at radius 3 is 2.19 bits per heavy atom. The molecular formula is C17H20N2O5S2. The summed E-state index contributed by atoms with van der Waals surface area (Å²) in [5, 5.41) is 4.84. The Balaban J connectivity index is 2.15. The fourth-order valence-electron chi connectivity index (χ4n) is 2.33. The van der Waals surface area contributed by atoms with Gasteiger partial charge in [0.25, 0.3) is 0 Å². The molecule has 0 aromatic heterocycles. The molecule has 0 aliphatic rings. The molecule has 9 heteroatoms. The van der Waals surface area contributed by atoms with E-state index in [0.717, 1.165) is 0 Å². The van der Waals surface area contributed by atoms with Crippen molar-refractivity contribution in [3.63, 3.8) is 0 Å². The first kappa shape index (κ1) is 20.2. The van der Waals surface area contributed by atoms with E-state index in [1.165, 1.54) is 0 Å². The second-order valence-electron chi connectivity index (χ2n) is 5.85. The van der Waals surface area contributed by atoms with Crippen LogP contribution in [0.2, 0.25) is 0 Å². The number of primary sulfonamides is 1. The van der Waals surface area contributed by atoms with Crippen molar-refractivity contribution in [1.82, 2.24) is 4.72 Å². The maximum atomic E-state index is 12.5. The number of nitrogens with two attached hydrogens (primary N) is 1. The van der Waals surface area contributed by atoms with Gasteiger partial charge in [-0.3, -0.25) is 4.79 Å². The lowest BCUT2D eigenvalue weighted by molar-refractivity contribution is 0.103. The van der Waals surface area contributed by atoms with Crippen LogP contribution in [0.15, 0.2) is 54.6 Å². The van der Waals surface area contributed by atoms with Gasteiger partial charge < -0.3 is 0 Å². The largest absolute Gasteiger partial charge is 0.289 e. The third kappa shape index (κ3) is 6.03. The molecule has 0 unspecified atom stereocenters. The highest BCUT2D eigenvalue weighted by molar-refractivity contribution is 7.93. The van der Waals surface area contributed by atoms with Crippen LogP contribution in [0, 0.1) is 0 Å². The van der Waals surface area contributed by atoms with Gasteiger partial charge in [0, 0.05) is 17.2 Å². The zero-order valence-corrected chi connectivity index (χ0v) is 15.8. The predicted octanol–water partition coefficient (Wildman–Crippen LogP) is 1.19. The number of rotatable bonds is 8. The van der Waals surface area contributed by atoms with Gasteiger partial charge in [0.1, 0.15) is 0 Å². The van der Waals surface area contributed by atoms with E-state index in [9.17, 15) is 21.6 Å². The monoisotopic (exact) mass is 396 g/mol. The molecule has 2 aromatic carbocycles. The summed E-state index contributed by atoms with van der Waals surface area (Å²) in [6.07, 6.45) is 0. The molecule has 0 radical (unpaired) electrons. The molecule has 2 aromatic rings. The molecule has 2 rings (SSSR count). The maximum Gasteiger partial charge on any atom is 0.213 e. The predicted molar refractivity (Wildman–Crippen MR) is 99.6 cm³/mol.